The molecule has 1 unspecified atom stereocenters. The van der Waals surface area contributed by atoms with Crippen LogP contribution in [-0.2, 0) is 9.59 Å². The number of hydrogen-bond donors (Lipinski definition) is 2. The second-order valence-corrected chi connectivity index (χ2v) is 4.28. The van der Waals surface area contributed by atoms with Crippen molar-refractivity contribution in [3.63, 3.8) is 0 Å². The molecule has 4 heteroatoms. The van der Waals surface area contributed by atoms with Crippen LogP contribution < -0.4 is 5.32 Å². The molecule has 1 rings (SSSR count). The average Bonchev–Trinajstić information content (AvgIpc) is 1.97. The highest BCUT2D eigenvalue weighted by molar-refractivity contribution is 5.88. The van der Waals surface area contributed by atoms with E-state index in [0.29, 0.717) is 6.42 Å². The molecule has 74 valence electrons. The number of hydrogen-bond acceptors (Lipinski definition) is 2. The van der Waals surface area contributed by atoms with Crippen molar-refractivity contribution in [1.82, 2.24) is 5.32 Å². The minimum Gasteiger partial charge on any atom is -0.479 e. The molecule has 1 fully saturated rings. The summed E-state index contributed by atoms with van der Waals surface area (Å²) in [5, 5.41) is 11.6. The topological polar surface area (TPSA) is 66.4 Å². The average molecular weight is 185 g/mol. The van der Waals surface area contributed by atoms with Gasteiger partial charge in [0.25, 0.3) is 0 Å². The first kappa shape index (κ1) is 10.0. The predicted octanol–water partition coefficient (Wildman–Crippen LogP) is 0.766. The molecule has 0 heterocycles. The van der Waals surface area contributed by atoms with Gasteiger partial charge in [-0.15, -0.1) is 0 Å². The summed E-state index contributed by atoms with van der Waals surface area (Å²) in [6.07, 6.45) is 1.36. The summed E-state index contributed by atoms with van der Waals surface area (Å²) < 4.78 is 0. The Kier molecular flexibility index (Phi) is 2.10. The van der Waals surface area contributed by atoms with E-state index in [-0.39, 0.29) is 11.3 Å². The number of amides is 1. The molecule has 1 amide bonds. The second-order valence-electron chi connectivity index (χ2n) is 4.28. The Morgan fingerprint density at radius 3 is 1.92 bits per heavy atom. The van der Waals surface area contributed by atoms with E-state index in [4.69, 9.17) is 5.11 Å². The van der Waals surface area contributed by atoms with E-state index in [2.05, 4.69) is 5.32 Å². The summed E-state index contributed by atoms with van der Waals surface area (Å²) in [5.41, 5.74) is -1.39. The van der Waals surface area contributed by atoms with Crippen LogP contribution in [0.5, 0.6) is 0 Å². The van der Waals surface area contributed by atoms with Gasteiger partial charge < -0.3 is 10.4 Å². The molecular formula is C9H15NO3. The van der Waals surface area contributed by atoms with Gasteiger partial charge in [-0.1, -0.05) is 13.8 Å². The number of aliphatic carboxylic acids is 1. The van der Waals surface area contributed by atoms with E-state index in [9.17, 15) is 9.59 Å². The SMILES string of the molecule is CC(=O)NC1(C(=O)O)CCC1(C)C. The molecule has 13 heavy (non-hydrogen) atoms. The van der Waals surface area contributed by atoms with Gasteiger partial charge in [0, 0.05) is 6.92 Å². The van der Waals surface area contributed by atoms with Gasteiger partial charge in [0.1, 0.15) is 5.54 Å². The van der Waals surface area contributed by atoms with Crippen LogP contribution in [0.25, 0.3) is 0 Å². The van der Waals surface area contributed by atoms with Gasteiger partial charge in [-0.3, -0.25) is 4.79 Å². The zero-order valence-electron chi connectivity index (χ0n) is 8.18. The summed E-state index contributed by atoms with van der Waals surface area (Å²) in [4.78, 5) is 21.9. The van der Waals surface area contributed by atoms with Gasteiger partial charge in [0.05, 0.1) is 0 Å². The zero-order valence-corrected chi connectivity index (χ0v) is 8.18. The van der Waals surface area contributed by atoms with Crippen molar-refractivity contribution in [3.8, 4) is 0 Å². The molecule has 0 aromatic carbocycles. The van der Waals surface area contributed by atoms with Crippen LogP contribution in [0.2, 0.25) is 0 Å². The lowest BCUT2D eigenvalue weighted by molar-refractivity contribution is -0.162. The van der Waals surface area contributed by atoms with Crippen LogP contribution in [0.15, 0.2) is 0 Å². The normalized spacial score (nSPS) is 30.4. The molecule has 1 atom stereocenters. The van der Waals surface area contributed by atoms with Crippen molar-refractivity contribution in [2.24, 2.45) is 5.41 Å². The van der Waals surface area contributed by atoms with Gasteiger partial charge in [-0.2, -0.15) is 0 Å². The Hall–Kier alpha value is -1.06. The number of carboxylic acid groups (broad SMARTS) is 1. The summed E-state index contributed by atoms with van der Waals surface area (Å²) >= 11 is 0. The molecule has 4 nitrogen and oxygen atoms in total. The lowest BCUT2D eigenvalue weighted by Crippen LogP contribution is -2.69. The third kappa shape index (κ3) is 1.30. The fourth-order valence-corrected chi connectivity index (χ4v) is 1.86. The molecule has 0 saturated heterocycles. The number of rotatable bonds is 2. The van der Waals surface area contributed by atoms with Crippen molar-refractivity contribution >= 4 is 11.9 Å². The smallest absolute Gasteiger partial charge is 0.329 e. The highest BCUT2D eigenvalue weighted by Gasteiger charge is 2.59. The van der Waals surface area contributed by atoms with E-state index in [1.54, 1.807) is 0 Å². The number of carbonyl (C=O) groups is 2. The van der Waals surface area contributed by atoms with E-state index in [1.807, 2.05) is 13.8 Å². The third-order valence-electron chi connectivity index (χ3n) is 3.03. The van der Waals surface area contributed by atoms with Gasteiger partial charge in [-0.25, -0.2) is 4.79 Å². The summed E-state index contributed by atoms with van der Waals surface area (Å²) in [6.45, 7) is 5.07. The van der Waals surface area contributed by atoms with E-state index >= 15 is 0 Å². The standard InChI is InChI=1S/C9H15NO3/c1-6(11)10-9(7(12)13)5-4-8(9,2)3/h4-5H2,1-3H3,(H,10,11)(H,12,13). The molecule has 0 spiro atoms. The number of carbonyl (C=O) groups excluding carboxylic acids is 1. The quantitative estimate of drug-likeness (QED) is 0.667. The first-order valence-electron chi connectivity index (χ1n) is 4.34. The number of nitrogens with one attached hydrogen (secondary N) is 1. The fourth-order valence-electron chi connectivity index (χ4n) is 1.86. The molecule has 0 bridgehead atoms. The van der Waals surface area contributed by atoms with Crippen LogP contribution >= 0.6 is 0 Å². The van der Waals surface area contributed by atoms with Crippen molar-refractivity contribution in [3.05, 3.63) is 0 Å². The Labute approximate surface area is 77.3 Å². The predicted molar refractivity (Wildman–Crippen MR) is 47.2 cm³/mol. The molecule has 1 aliphatic rings. The number of carboxylic acids is 1. The van der Waals surface area contributed by atoms with E-state index in [0.717, 1.165) is 6.42 Å². The summed E-state index contributed by atoms with van der Waals surface area (Å²) in [6, 6.07) is 0. The molecule has 0 aromatic rings. The largest absolute Gasteiger partial charge is 0.479 e. The minimum absolute atomic E-state index is 0.282. The monoisotopic (exact) mass is 185 g/mol. The molecular weight excluding hydrogens is 170 g/mol. The zero-order chi connectivity index (χ0) is 10.3. The first-order chi connectivity index (χ1) is 5.82. The molecule has 1 aliphatic carbocycles. The Morgan fingerprint density at radius 2 is 1.85 bits per heavy atom. The van der Waals surface area contributed by atoms with E-state index in [1.165, 1.54) is 6.92 Å². The molecule has 2 N–H and O–H groups in total. The van der Waals surface area contributed by atoms with Crippen LogP contribution in [0.1, 0.15) is 33.6 Å². The lowest BCUT2D eigenvalue weighted by Gasteiger charge is -2.53. The second kappa shape index (κ2) is 2.72. The molecule has 0 radical (unpaired) electrons. The Balaban J connectivity index is 2.90. The Bertz CT molecular complexity index is 260. The van der Waals surface area contributed by atoms with Crippen LogP contribution in [0.4, 0.5) is 0 Å². The van der Waals surface area contributed by atoms with Crippen LogP contribution in [0, 0.1) is 5.41 Å². The van der Waals surface area contributed by atoms with Crippen LogP contribution in [0.3, 0.4) is 0 Å². The lowest BCUT2D eigenvalue weighted by atomic mass is 9.56. The highest BCUT2D eigenvalue weighted by atomic mass is 16.4. The third-order valence-corrected chi connectivity index (χ3v) is 3.03. The fraction of sp³-hybridized carbons (Fsp3) is 0.778. The highest BCUT2D eigenvalue weighted by Crippen LogP contribution is 2.49. The summed E-state index contributed by atoms with van der Waals surface area (Å²) in [7, 11) is 0. The van der Waals surface area contributed by atoms with Gasteiger partial charge in [0.15, 0.2) is 0 Å². The molecule has 1 saturated carbocycles. The van der Waals surface area contributed by atoms with Crippen molar-refractivity contribution in [2.75, 3.05) is 0 Å². The minimum atomic E-state index is -1.04. The van der Waals surface area contributed by atoms with Crippen molar-refractivity contribution < 1.29 is 14.7 Å². The Morgan fingerprint density at radius 1 is 1.31 bits per heavy atom. The molecule has 0 aliphatic heterocycles. The van der Waals surface area contributed by atoms with Crippen LogP contribution in [-0.4, -0.2) is 22.5 Å². The van der Waals surface area contributed by atoms with E-state index < -0.39 is 11.5 Å². The van der Waals surface area contributed by atoms with Gasteiger partial charge in [-0.05, 0) is 18.3 Å². The van der Waals surface area contributed by atoms with Crippen molar-refractivity contribution in [1.29, 1.82) is 0 Å². The summed E-state index contributed by atoms with van der Waals surface area (Å²) in [5.74, 6) is -1.21. The van der Waals surface area contributed by atoms with Crippen molar-refractivity contribution in [2.45, 2.75) is 39.2 Å². The maximum absolute atomic E-state index is 11.0. The van der Waals surface area contributed by atoms with Gasteiger partial charge in [0.2, 0.25) is 5.91 Å². The molecule has 0 aromatic heterocycles. The maximum Gasteiger partial charge on any atom is 0.329 e. The van der Waals surface area contributed by atoms with Gasteiger partial charge >= 0.3 is 5.97 Å². The first-order valence-corrected chi connectivity index (χ1v) is 4.34. The maximum atomic E-state index is 11.0.